The van der Waals surface area contributed by atoms with Gasteiger partial charge in [-0.05, 0) is 66.6 Å². The first-order valence-corrected chi connectivity index (χ1v) is 10.2. The molecular weight excluding hydrogens is 366 g/mol. The molecule has 3 aromatic carbocycles. The largest absolute Gasteiger partial charge is 0.327 e. The lowest BCUT2D eigenvalue weighted by Gasteiger charge is -2.36. The van der Waals surface area contributed by atoms with Gasteiger partial charge in [0, 0.05) is 17.1 Å². The van der Waals surface area contributed by atoms with E-state index in [9.17, 15) is 4.79 Å². The molecule has 0 saturated heterocycles. The van der Waals surface area contributed by atoms with Gasteiger partial charge in [0.25, 0.3) is 5.91 Å². The van der Waals surface area contributed by atoms with Crippen molar-refractivity contribution in [1.82, 2.24) is 4.90 Å². The summed E-state index contributed by atoms with van der Waals surface area (Å²) in [5.41, 5.74) is 5.52. The van der Waals surface area contributed by atoms with Crippen LogP contribution in [0.2, 0.25) is 5.02 Å². The van der Waals surface area contributed by atoms with Gasteiger partial charge in [-0.25, -0.2) is 0 Å². The van der Waals surface area contributed by atoms with E-state index in [2.05, 4.69) is 24.3 Å². The number of aryl methyl sites for hydroxylation is 2. The molecule has 2 nitrogen and oxygen atoms in total. The highest BCUT2D eigenvalue weighted by atomic mass is 35.5. The third-order valence-corrected chi connectivity index (χ3v) is 5.87. The van der Waals surface area contributed by atoms with Crippen LogP contribution >= 0.6 is 11.6 Å². The second kappa shape index (κ2) is 8.20. The molecule has 28 heavy (non-hydrogen) atoms. The highest BCUT2D eigenvalue weighted by molar-refractivity contribution is 6.30. The summed E-state index contributed by atoms with van der Waals surface area (Å²) < 4.78 is 0. The minimum atomic E-state index is 0.0905. The Balaban J connectivity index is 1.75. The number of nitrogens with zero attached hydrogens (tertiary/aromatic N) is 1. The van der Waals surface area contributed by atoms with Gasteiger partial charge in [-0.1, -0.05) is 66.2 Å². The highest BCUT2D eigenvalue weighted by Gasteiger charge is 2.30. The average Bonchev–Trinajstić information content (AvgIpc) is 2.73. The molecule has 142 valence electrons. The SMILES string of the molecule is Cc1ccccc1C(=O)N(Cc1ccc(Cl)cc1)C1CCCc2ccccc21. The van der Waals surface area contributed by atoms with Gasteiger partial charge in [0.1, 0.15) is 0 Å². The number of rotatable bonds is 4. The van der Waals surface area contributed by atoms with Crippen molar-refractivity contribution in [3.63, 3.8) is 0 Å². The third-order valence-electron chi connectivity index (χ3n) is 5.62. The molecule has 0 radical (unpaired) electrons. The van der Waals surface area contributed by atoms with Gasteiger partial charge in [0.15, 0.2) is 0 Å². The number of hydrogen-bond donors (Lipinski definition) is 0. The maximum Gasteiger partial charge on any atom is 0.254 e. The van der Waals surface area contributed by atoms with Crippen molar-refractivity contribution in [3.8, 4) is 0 Å². The van der Waals surface area contributed by atoms with Gasteiger partial charge >= 0.3 is 0 Å². The predicted molar refractivity (Wildman–Crippen MR) is 115 cm³/mol. The second-order valence-corrected chi connectivity index (χ2v) is 7.92. The first kappa shape index (κ1) is 18.8. The van der Waals surface area contributed by atoms with Gasteiger partial charge in [-0.15, -0.1) is 0 Å². The summed E-state index contributed by atoms with van der Waals surface area (Å²) in [5, 5.41) is 0.712. The van der Waals surface area contributed by atoms with Crippen molar-refractivity contribution in [2.45, 2.75) is 38.8 Å². The Morgan fingerprint density at radius 2 is 1.71 bits per heavy atom. The van der Waals surface area contributed by atoms with Crippen molar-refractivity contribution in [2.75, 3.05) is 0 Å². The lowest BCUT2D eigenvalue weighted by atomic mass is 9.86. The van der Waals surface area contributed by atoms with E-state index < -0.39 is 0 Å². The summed E-state index contributed by atoms with van der Waals surface area (Å²) in [5.74, 6) is 0.0924. The Kier molecular flexibility index (Phi) is 5.50. The molecule has 0 aromatic heterocycles. The van der Waals surface area contributed by atoms with Gasteiger partial charge in [0.05, 0.1) is 6.04 Å². The smallest absolute Gasteiger partial charge is 0.254 e. The first-order chi connectivity index (χ1) is 13.6. The van der Waals surface area contributed by atoms with Crippen molar-refractivity contribution in [2.24, 2.45) is 0 Å². The lowest BCUT2D eigenvalue weighted by Crippen LogP contribution is -2.36. The maximum atomic E-state index is 13.6. The minimum Gasteiger partial charge on any atom is -0.327 e. The van der Waals surface area contributed by atoms with E-state index in [0.717, 1.165) is 36.0 Å². The quantitative estimate of drug-likeness (QED) is 0.507. The minimum absolute atomic E-state index is 0.0905. The average molecular weight is 390 g/mol. The van der Waals surface area contributed by atoms with Gasteiger partial charge < -0.3 is 4.90 Å². The molecule has 0 saturated carbocycles. The monoisotopic (exact) mass is 389 g/mol. The summed E-state index contributed by atoms with van der Waals surface area (Å²) in [6.07, 6.45) is 3.17. The summed E-state index contributed by atoms with van der Waals surface area (Å²) in [6, 6.07) is 24.3. The topological polar surface area (TPSA) is 20.3 Å². The number of fused-ring (bicyclic) bond motifs is 1. The molecule has 1 amide bonds. The molecule has 1 aliphatic rings. The number of hydrogen-bond acceptors (Lipinski definition) is 1. The fraction of sp³-hybridized carbons (Fsp3) is 0.240. The number of amides is 1. The van der Waals surface area contributed by atoms with Crippen molar-refractivity contribution in [1.29, 1.82) is 0 Å². The van der Waals surface area contributed by atoms with E-state index >= 15 is 0 Å². The van der Waals surface area contributed by atoms with Gasteiger partial charge in [-0.3, -0.25) is 4.79 Å². The van der Waals surface area contributed by atoms with Crippen LogP contribution in [0.5, 0.6) is 0 Å². The van der Waals surface area contributed by atoms with Crippen LogP contribution in [0, 0.1) is 6.92 Å². The molecule has 4 rings (SSSR count). The molecule has 1 aliphatic carbocycles. The van der Waals surface area contributed by atoms with Crippen LogP contribution < -0.4 is 0 Å². The van der Waals surface area contributed by atoms with Crippen LogP contribution in [0.3, 0.4) is 0 Å². The zero-order valence-corrected chi connectivity index (χ0v) is 16.8. The second-order valence-electron chi connectivity index (χ2n) is 7.48. The molecule has 0 aliphatic heterocycles. The Bertz CT molecular complexity index is 980. The van der Waals surface area contributed by atoms with E-state index in [1.165, 1.54) is 11.1 Å². The van der Waals surface area contributed by atoms with E-state index in [1.54, 1.807) is 0 Å². The van der Waals surface area contributed by atoms with Gasteiger partial charge in [0.2, 0.25) is 0 Å². The van der Waals surface area contributed by atoms with E-state index in [1.807, 2.05) is 60.4 Å². The Morgan fingerprint density at radius 1 is 1.00 bits per heavy atom. The number of benzene rings is 3. The fourth-order valence-electron chi connectivity index (χ4n) is 4.13. The number of carbonyl (C=O) groups excluding carboxylic acids is 1. The molecule has 0 N–H and O–H groups in total. The van der Waals surface area contributed by atoms with Crippen LogP contribution in [0.1, 0.15) is 51.5 Å². The molecule has 3 heteroatoms. The fourth-order valence-corrected chi connectivity index (χ4v) is 4.26. The summed E-state index contributed by atoms with van der Waals surface area (Å²) in [4.78, 5) is 15.7. The van der Waals surface area contributed by atoms with Gasteiger partial charge in [-0.2, -0.15) is 0 Å². The molecular formula is C25H24ClNO. The van der Waals surface area contributed by atoms with Crippen molar-refractivity contribution in [3.05, 3.63) is 106 Å². The molecule has 3 aromatic rings. The van der Waals surface area contributed by atoms with Crippen molar-refractivity contribution < 1.29 is 4.79 Å². The zero-order valence-electron chi connectivity index (χ0n) is 16.1. The van der Waals surface area contributed by atoms with Crippen LogP contribution in [0.15, 0.2) is 72.8 Å². The predicted octanol–water partition coefficient (Wildman–Crippen LogP) is 6.37. The van der Waals surface area contributed by atoms with E-state index in [4.69, 9.17) is 11.6 Å². The third kappa shape index (κ3) is 3.83. The number of halogens is 1. The molecule has 1 atom stereocenters. The van der Waals surface area contributed by atoms with Crippen LogP contribution in [-0.4, -0.2) is 10.8 Å². The Labute approximate surface area is 171 Å². The normalized spacial score (nSPS) is 15.7. The summed E-state index contributed by atoms with van der Waals surface area (Å²) >= 11 is 6.06. The number of carbonyl (C=O) groups is 1. The van der Waals surface area contributed by atoms with E-state index in [0.29, 0.717) is 11.6 Å². The highest BCUT2D eigenvalue weighted by Crippen LogP contribution is 2.36. The molecule has 0 bridgehead atoms. The molecule has 0 heterocycles. The lowest BCUT2D eigenvalue weighted by molar-refractivity contribution is 0.0637. The molecule has 1 unspecified atom stereocenters. The zero-order chi connectivity index (χ0) is 19.5. The van der Waals surface area contributed by atoms with Crippen LogP contribution in [-0.2, 0) is 13.0 Å². The Morgan fingerprint density at radius 3 is 2.50 bits per heavy atom. The summed E-state index contributed by atoms with van der Waals surface area (Å²) in [6.45, 7) is 2.58. The molecule has 0 fully saturated rings. The molecule has 0 spiro atoms. The summed E-state index contributed by atoms with van der Waals surface area (Å²) in [7, 11) is 0. The van der Waals surface area contributed by atoms with Crippen LogP contribution in [0.25, 0.3) is 0 Å². The van der Waals surface area contributed by atoms with Crippen molar-refractivity contribution >= 4 is 17.5 Å². The van der Waals surface area contributed by atoms with E-state index in [-0.39, 0.29) is 11.9 Å². The Hall–Kier alpha value is -2.58. The standard InChI is InChI=1S/C25H24ClNO/c1-18-7-2-4-10-22(18)25(28)27(17-19-13-15-21(26)16-14-19)24-12-6-9-20-8-3-5-11-23(20)24/h2-5,7-8,10-11,13-16,24H,6,9,12,17H2,1H3. The first-order valence-electron chi connectivity index (χ1n) is 9.82. The maximum absolute atomic E-state index is 13.6. The van der Waals surface area contributed by atoms with Crippen LogP contribution in [0.4, 0.5) is 0 Å².